The molecule has 1 aliphatic heterocycles. The summed E-state index contributed by atoms with van der Waals surface area (Å²) in [6.45, 7) is 4.04. The van der Waals surface area contributed by atoms with Crippen LogP contribution in [-0.4, -0.2) is 48.9 Å². The molecule has 1 saturated heterocycles. The quantitative estimate of drug-likeness (QED) is 0.640. The normalized spacial score (nSPS) is 37.5. The Hall–Kier alpha value is -0.830. The zero-order valence-electron chi connectivity index (χ0n) is 10.6. The van der Waals surface area contributed by atoms with E-state index in [1.54, 1.807) is 0 Å². The van der Waals surface area contributed by atoms with Crippen molar-refractivity contribution >= 4 is 5.91 Å². The summed E-state index contributed by atoms with van der Waals surface area (Å²) in [5.41, 5.74) is 0. The maximum absolute atomic E-state index is 12.5. The number of hydrogen-bond donors (Lipinski definition) is 0. The first-order valence-electron chi connectivity index (χ1n) is 6.89. The summed E-state index contributed by atoms with van der Waals surface area (Å²) in [6, 6.07) is 0. The van der Waals surface area contributed by atoms with Gasteiger partial charge in [0, 0.05) is 25.6 Å². The minimum Gasteiger partial charge on any atom is -0.341 e. The van der Waals surface area contributed by atoms with Gasteiger partial charge in [0.2, 0.25) is 5.91 Å². The third kappa shape index (κ3) is 2.13. The van der Waals surface area contributed by atoms with Gasteiger partial charge in [-0.15, -0.1) is 0 Å². The topological polar surface area (TPSA) is 23.6 Å². The van der Waals surface area contributed by atoms with E-state index in [-0.39, 0.29) is 0 Å². The summed E-state index contributed by atoms with van der Waals surface area (Å²) in [5, 5.41) is 0. The van der Waals surface area contributed by atoms with Gasteiger partial charge in [-0.05, 0) is 44.7 Å². The minimum atomic E-state index is 0.299. The Morgan fingerprint density at radius 3 is 2.71 bits per heavy atom. The summed E-state index contributed by atoms with van der Waals surface area (Å²) in [7, 11) is 2.15. The van der Waals surface area contributed by atoms with Gasteiger partial charge in [0.15, 0.2) is 0 Å². The summed E-state index contributed by atoms with van der Waals surface area (Å²) in [6.07, 6.45) is 8.04. The van der Waals surface area contributed by atoms with Crippen LogP contribution in [0.4, 0.5) is 0 Å². The molecule has 2 bridgehead atoms. The van der Waals surface area contributed by atoms with Crippen molar-refractivity contribution in [2.24, 2.45) is 17.8 Å². The molecular weight excluding hydrogens is 212 g/mol. The van der Waals surface area contributed by atoms with Crippen molar-refractivity contribution in [3.63, 3.8) is 0 Å². The lowest BCUT2D eigenvalue weighted by molar-refractivity contribution is -0.136. The van der Waals surface area contributed by atoms with Gasteiger partial charge in [-0.1, -0.05) is 12.2 Å². The molecule has 1 saturated carbocycles. The number of likely N-dealkylation sites (N-methyl/N-ethyl adjacent to an activating group) is 1. The molecule has 17 heavy (non-hydrogen) atoms. The van der Waals surface area contributed by atoms with Crippen molar-refractivity contribution in [2.75, 3.05) is 33.2 Å². The molecule has 3 atom stereocenters. The number of rotatable bonds is 1. The first-order chi connectivity index (χ1) is 8.24. The predicted octanol–water partition coefficient (Wildman–Crippen LogP) is 1.36. The van der Waals surface area contributed by atoms with E-state index in [2.05, 4.69) is 29.0 Å². The fourth-order valence-electron chi connectivity index (χ4n) is 3.57. The van der Waals surface area contributed by atoms with Crippen LogP contribution in [0.25, 0.3) is 0 Å². The van der Waals surface area contributed by atoms with Crippen LogP contribution in [0, 0.1) is 17.8 Å². The summed E-state index contributed by atoms with van der Waals surface area (Å²) < 4.78 is 0. The Labute approximate surface area is 103 Å². The van der Waals surface area contributed by atoms with E-state index in [0.29, 0.717) is 23.7 Å². The lowest BCUT2D eigenvalue weighted by Gasteiger charge is -2.27. The Balaban J connectivity index is 1.64. The average molecular weight is 234 g/mol. The SMILES string of the molecule is CN1CCCN(C(=O)C2CC3C=CC2C3)CC1. The van der Waals surface area contributed by atoms with Gasteiger partial charge in [0.25, 0.3) is 0 Å². The second-order valence-corrected chi connectivity index (χ2v) is 5.87. The van der Waals surface area contributed by atoms with Crippen molar-refractivity contribution in [3.8, 4) is 0 Å². The molecule has 3 aliphatic rings. The number of fused-ring (bicyclic) bond motifs is 2. The molecule has 0 aromatic heterocycles. The molecule has 2 aliphatic carbocycles. The standard InChI is InChI=1S/C14H22N2O/c1-15-5-2-6-16(8-7-15)14(17)13-10-11-3-4-12(13)9-11/h3-4,11-13H,2,5-10H2,1H3. The monoisotopic (exact) mass is 234 g/mol. The highest BCUT2D eigenvalue weighted by atomic mass is 16.2. The highest BCUT2D eigenvalue weighted by Crippen LogP contribution is 2.44. The van der Waals surface area contributed by atoms with Crippen LogP contribution in [0.15, 0.2) is 12.2 Å². The molecule has 1 amide bonds. The number of hydrogen-bond acceptors (Lipinski definition) is 2. The van der Waals surface area contributed by atoms with E-state index in [1.807, 2.05) is 0 Å². The molecule has 3 rings (SSSR count). The highest BCUT2D eigenvalue weighted by Gasteiger charge is 2.41. The van der Waals surface area contributed by atoms with Crippen molar-refractivity contribution < 1.29 is 4.79 Å². The van der Waals surface area contributed by atoms with E-state index < -0.39 is 0 Å². The molecule has 0 spiro atoms. The van der Waals surface area contributed by atoms with Crippen molar-refractivity contribution in [1.82, 2.24) is 9.80 Å². The number of nitrogens with zero attached hydrogens (tertiary/aromatic N) is 2. The Morgan fingerprint density at radius 1 is 1.12 bits per heavy atom. The van der Waals surface area contributed by atoms with Crippen LogP contribution in [0.1, 0.15) is 19.3 Å². The third-order valence-corrected chi connectivity index (χ3v) is 4.63. The van der Waals surface area contributed by atoms with Gasteiger partial charge < -0.3 is 9.80 Å². The van der Waals surface area contributed by atoms with E-state index in [0.717, 1.165) is 39.0 Å². The molecule has 1 heterocycles. The van der Waals surface area contributed by atoms with Crippen LogP contribution in [-0.2, 0) is 4.79 Å². The van der Waals surface area contributed by atoms with E-state index in [9.17, 15) is 4.79 Å². The van der Waals surface area contributed by atoms with E-state index in [4.69, 9.17) is 0 Å². The lowest BCUT2D eigenvalue weighted by Crippen LogP contribution is -2.39. The summed E-state index contributed by atoms with van der Waals surface area (Å²) in [4.78, 5) is 17.0. The summed E-state index contributed by atoms with van der Waals surface area (Å²) in [5.74, 6) is 1.97. The zero-order chi connectivity index (χ0) is 11.8. The number of amides is 1. The van der Waals surface area contributed by atoms with Crippen LogP contribution in [0.2, 0.25) is 0 Å². The van der Waals surface area contributed by atoms with Gasteiger partial charge in [-0.3, -0.25) is 4.79 Å². The molecule has 0 aromatic rings. The van der Waals surface area contributed by atoms with Gasteiger partial charge in [0.1, 0.15) is 0 Å². The number of carbonyl (C=O) groups is 1. The maximum Gasteiger partial charge on any atom is 0.226 e. The highest BCUT2D eigenvalue weighted by molar-refractivity contribution is 5.80. The van der Waals surface area contributed by atoms with Crippen LogP contribution in [0.5, 0.6) is 0 Å². The lowest BCUT2D eigenvalue weighted by atomic mass is 9.92. The fourth-order valence-corrected chi connectivity index (χ4v) is 3.57. The van der Waals surface area contributed by atoms with E-state index in [1.165, 1.54) is 6.42 Å². The van der Waals surface area contributed by atoms with Crippen LogP contribution < -0.4 is 0 Å². The van der Waals surface area contributed by atoms with Crippen LogP contribution >= 0.6 is 0 Å². The average Bonchev–Trinajstić information content (AvgIpc) is 2.88. The number of carbonyl (C=O) groups excluding carboxylic acids is 1. The predicted molar refractivity (Wildman–Crippen MR) is 67.5 cm³/mol. The Bertz CT molecular complexity index is 339. The Morgan fingerprint density at radius 2 is 2.00 bits per heavy atom. The smallest absolute Gasteiger partial charge is 0.226 e. The molecule has 0 aromatic carbocycles. The molecule has 0 radical (unpaired) electrons. The summed E-state index contributed by atoms with van der Waals surface area (Å²) >= 11 is 0. The first kappa shape index (κ1) is 11.3. The maximum atomic E-state index is 12.5. The van der Waals surface area contributed by atoms with Gasteiger partial charge >= 0.3 is 0 Å². The van der Waals surface area contributed by atoms with Gasteiger partial charge in [-0.25, -0.2) is 0 Å². The van der Waals surface area contributed by atoms with Crippen LogP contribution in [0.3, 0.4) is 0 Å². The van der Waals surface area contributed by atoms with E-state index >= 15 is 0 Å². The molecular formula is C14H22N2O. The molecule has 2 fully saturated rings. The molecule has 3 unspecified atom stereocenters. The molecule has 94 valence electrons. The van der Waals surface area contributed by atoms with Crippen molar-refractivity contribution in [1.29, 1.82) is 0 Å². The molecule has 0 N–H and O–H groups in total. The molecule has 3 nitrogen and oxygen atoms in total. The molecule has 3 heteroatoms. The second kappa shape index (κ2) is 4.45. The zero-order valence-corrected chi connectivity index (χ0v) is 10.6. The largest absolute Gasteiger partial charge is 0.341 e. The van der Waals surface area contributed by atoms with Crippen molar-refractivity contribution in [2.45, 2.75) is 19.3 Å². The van der Waals surface area contributed by atoms with Crippen molar-refractivity contribution in [3.05, 3.63) is 12.2 Å². The fraction of sp³-hybridized carbons (Fsp3) is 0.786. The third-order valence-electron chi connectivity index (χ3n) is 4.63. The first-order valence-corrected chi connectivity index (χ1v) is 6.89. The Kier molecular flexibility index (Phi) is 2.95. The van der Waals surface area contributed by atoms with Gasteiger partial charge in [0.05, 0.1) is 0 Å². The number of allylic oxidation sites excluding steroid dienone is 2. The second-order valence-electron chi connectivity index (χ2n) is 5.87. The minimum absolute atomic E-state index is 0.299. The van der Waals surface area contributed by atoms with Gasteiger partial charge in [-0.2, -0.15) is 0 Å².